The van der Waals surface area contributed by atoms with Crippen molar-refractivity contribution in [3.63, 3.8) is 0 Å². The molecule has 0 radical (unpaired) electrons. The Morgan fingerprint density at radius 1 is 1.00 bits per heavy atom. The van der Waals surface area contributed by atoms with E-state index in [4.69, 9.17) is 0 Å². The van der Waals surface area contributed by atoms with E-state index in [1.165, 1.54) is 28.8 Å². The molecule has 0 fully saturated rings. The Labute approximate surface area is 145 Å². The Morgan fingerprint density at radius 2 is 1.85 bits per heavy atom. The van der Waals surface area contributed by atoms with Gasteiger partial charge in [0.1, 0.15) is 22.7 Å². The Balaban J connectivity index is 1.76. The van der Waals surface area contributed by atoms with Gasteiger partial charge in [-0.3, -0.25) is 4.40 Å². The molecular weight excluding hydrogens is 335 g/mol. The van der Waals surface area contributed by atoms with E-state index < -0.39 is 0 Å². The summed E-state index contributed by atoms with van der Waals surface area (Å²) in [6, 6.07) is 11.3. The second kappa shape index (κ2) is 5.35. The summed E-state index contributed by atoms with van der Waals surface area (Å²) < 4.78 is 16.5. The molecule has 4 aromatic heterocycles. The lowest BCUT2D eigenvalue weighted by Gasteiger charge is -2.04. The van der Waals surface area contributed by atoms with Crippen molar-refractivity contribution >= 4 is 16.8 Å². The van der Waals surface area contributed by atoms with Gasteiger partial charge >= 0.3 is 5.69 Å². The molecule has 8 heteroatoms. The van der Waals surface area contributed by atoms with Gasteiger partial charge in [-0.2, -0.15) is 0 Å². The molecule has 1 aromatic carbocycles. The van der Waals surface area contributed by atoms with Crippen molar-refractivity contribution in [2.24, 2.45) is 0 Å². The number of halogens is 1. The monoisotopic (exact) mass is 346 g/mol. The van der Waals surface area contributed by atoms with Crippen LogP contribution in [0.4, 0.5) is 4.39 Å². The van der Waals surface area contributed by atoms with Gasteiger partial charge in [0, 0.05) is 6.20 Å². The third-order valence-electron chi connectivity index (χ3n) is 4.16. The number of fused-ring (bicyclic) bond motifs is 2. The zero-order valence-corrected chi connectivity index (χ0v) is 13.3. The fourth-order valence-electron chi connectivity index (χ4n) is 2.95. The maximum absolute atomic E-state index is 13.2. The van der Waals surface area contributed by atoms with Gasteiger partial charge in [0.05, 0.1) is 18.1 Å². The number of nitrogens with zero attached hydrogens (tertiary/aromatic N) is 5. The zero-order valence-electron chi connectivity index (χ0n) is 13.3. The molecule has 0 spiro atoms. The van der Waals surface area contributed by atoms with Gasteiger partial charge in [-0.05, 0) is 36.4 Å². The first-order chi connectivity index (χ1) is 12.7. The second-order valence-electron chi connectivity index (χ2n) is 5.75. The average Bonchev–Trinajstić information content (AvgIpc) is 3.22. The summed E-state index contributed by atoms with van der Waals surface area (Å²) in [7, 11) is 0. The highest BCUT2D eigenvalue weighted by Crippen LogP contribution is 2.20. The maximum atomic E-state index is 13.2. The smallest absolute Gasteiger partial charge is 0.303 e. The molecule has 0 atom stereocenters. The molecule has 0 saturated heterocycles. The van der Waals surface area contributed by atoms with Gasteiger partial charge in [-0.25, -0.2) is 28.7 Å². The fourth-order valence-corrected chi connectivity index (χ4v) is 2.95. The first kappa shape index (κ1) is 14.5. The quantitative estimate of drug-likeness (QED) is 0.533. The van der Waals surface area contributed by atoms with Crippen molar-refractivity contribution < 1.29 is 4.39 Å². The van der Waals surface area contributed by atoms with Crippen LogP contribution in [0, 0.1) is 5.82 Å². The van der Waals surface area contributed by atoms with Crippen LogP contribution < -0.4 is 5.69 Å². The number of hydrogen-bond donors (Lipinski definition) is 1. The number of aromatic amines is 1. The van der Waals surface area contributed by atoms with E-state index >= 15 is 0 Å². The van der Waals surface area contributed by atoms with Gasteiger partial charge in [0.2, 0.25) is 0 Å². The third kappa shape index (κ3) is 2.12. The minimum Gasteiger partial charge on any atom is -0.303 e. The molecule has 126 valence electrons. The van der Waals surface area contributed by atoms with Crippen LogP contribution >= 0.6 is 0 Å². The number of imidazole rings is 2. The summed E-state index contributed by atoms with van der Waals surface area (Å²) in [4.78, 5) is 28.3. The normalized spacial score (nSPS) is 11.4. The van der Waals surface area contributed by atoms with Crippen molar-refractivity contribution in [3.05, 3.63) is 77.4 Å². The Kier molecular flexibility index (Phi) is 2.99. The molecule has 7 nitrogen and oxygen atoms in total. The molecule has 4 heterocycles. The van der Waals surface area contributed by atoms with Gasteiger partial charge in [-0.15, -0.1) is 0 Å². The third-order valence-corrected chi connectivity index (χ3v) is 4.16. The summed E-state index contributed by atoms with van der Waals surface area (Å²) in [6.07, 6.45) is 5.11. The zero-order chi connectivity index (χ0) is 17.7. The number of aromatic nitrogens is 6. The molecule has 0 unspecified atom stereocenters. The molecule has 5 rings (SSSR count). The topological polar surface area (TPSA) is 80.9 Å². The summed E-state index contributed by atoms with van der Waals surface area (Å²) in [5.41, 5.74) is 2.55. The molecule has 5 aromatic rings. The van der Waals surface area contributed by atoms with Crippen LogP contribution in [0.5, 0.6) is 0 Å². The van der Waals surface area contributed by atoms with Gasteiger partial charge in [-0.1, -0.05) is 6.07 Å². The van der Waals surface area contributed by atoms with E-state index in [1.807, 2.05) is 28.8 Å². The SMILES string of the molecule is O=c1[nH]c2cnc(-c3cnc4ccccn34)nc2n1-c1ccc(F)cc1. The molecule has 0 saturated carbocycles. The lowest BCUT2D eigenvalue weighted by molar-refractivity contribution is 0.627. The number of rotatable bonds is 2. The molecule has 26 heavy (non-hydrogen) atoms. The second-order valence-corrected chi connectivity index (χ2v) is 5.75. The van der Waals surface area contributed by atoms with Gasteiger partial charge < -0.3 is 4.98 Å². The summed E-state index contributed by atoms with van der Waals surface area (Å²) >= 11 is 0. The lowest BCUT2D eigenvalue weighted by Crippen LogP contribution is -2.15. The molecule has 0 aliphatic carbocycles. The van der Waals surface area contributed by atoms with Crippen molar-refractivity contribution in [1.82, 2.24) is 28.9 Å². The number of nitrogens with one attached hydrogen (secondary N) is 1. The van der Waals surface area contributed by atoms with Crippen LogP contribution in [0.3, 0.4) is 0 Å². The molecule has 0 aliphatic heterocycles. The van der Waals surface area contributed by atoms with E-state index in [1.54, 1.807) is 12.4 Å². The maximum Gasteiger partial charge on any atom is 0.332 e. The highest BCUT2D eigenvalue weighted by atomic mass is 19.1. The van der Waals surface area contributed by atoms with E-state index in [0.29, 0.717) is 28.4 Å². The van der Waals surface area contributed by atoms with Crippen LogP contribution in [0.2, 0.25) is 0 Å². The number of hydrogen-bond acceptors (Lipinski definition) is 4. The predicted molar refractivity (Wildman–Crippen MR) is 93.6 cm³/mol. The van der Waals surface area contributed by atoms with Crippen molar-refractivity contribution in [2.45, 2.75) is 0 Å². The van der Waals surface area contributed by atoms with Crippen LogP contribution in [0.1, 0.15) is 0 Å². The lowest BCUT2D eigenvalue weighted by atomic mass is 10.3. The minimum absolute atomic E-state index is 0.365. The average molecular weight is 346 g/mol. The minimum atomic E-state index is -0.373. The van der Waals surface area contributed by atoms with E-state index in [0.717, 1.165) is 5.65 Å². The summed E-state index contributed by atoms with van der Waals surface area (Å²) in [6.45, 7) is 0. The van der Waals surface area contributed by atoms with Crippen LogP contribution in [-0.4, -0.2) is 28.9 Å². The summed E-state index contributed by atoms with van der Waals surface area (Å²) in [5.74, 6) is 0.0637. The van der Waals surface area contributed by atoms with E-state index in [-0.39, 0.29) is 11.5 Å². The molecule has 0 amide bonds. The molecule has 1 N–H and O–H groups in total. The van der Waals surface area contributed by atoms with Crippen LogP contribution in [0.15, 0.2) is 65.8 Å². The van der Waals surface area contributed by atoms with Crippen molar-refractivity contribution in [2.75, 3.05) is 0 Å². The molecule has 0 bridgehead atoms. The summed E-state index contributed by atoms with van der Waals surface area (Å²) in [5, 5.41) is 0. The van der Waals surface area contributed by atoms with E-state index in [2.05, 4.69) is 19.9 Å². The van der Waals surface area contributed by atoms with Crippen LogP contribution in [-0.2, 0) is 0 Å². The Hall–Kier alpha value is -3.81. The fraction of sp³-hybridized carbons (Fsp3) is 0. The first-order valence-corrected chi connectivity index (χ1v) is 7.87. The first-order valence-electron chi connectivity index (χ1n) is 7.87. The Morgan fingerprint density at radius 3 is 2.69 bits per heavy atom. The molecule has 0 aliphatic rings. The van der Waals surface area contributed by atoms with Gasteiger partial charge in [0.25, 0.3) is 0 Å². The van der Waals surface area contributed by atoms with E-state index in [9.17, 15) is 9.18 Å². The Bertz CT molecular complexity index is 1320. The van der Waals surface area contributed by atoms with Crippen molar-refractivity contribution in [1.29, 1.82) is 0 Å². The largest absolute Gasteiger partial charge is 0.332 e. The highest BCUT2D eigenvalue weighted by Gasteiger charge is 2.14. The number of benzene rings is 1. The standard InChI is InChI=1S/C18H11FN6O/c19-11-4-6-12(7-5-11)25-17-13(22-18(25)26)9-21-16(23-17)14-10-20-15-3-1-2-8-24(14)15/h1-10H,(H,22,26). The number of H-pyrrole nitrogens is 1. The predicted octanol–water partition coefficient (Wildman–Crippen LogP) is 2.56. The van der Waals surface area contributed by atoms with Crippen molar-refractivity contribution in [3.8, 4) is 17.2 Å². The number of pyridine rings is 1. The highest BCUT2D eigenvalue weighted by molar-refractivity contribution is 5.74. The molecular formula is C18H11FN6O. The van der Waals surface area contributed by atoms with Gasteiger partial charge in [0.15, 0.2) is 11.5 Å². The van der Waals surface area contributed by atoms with Crippen LogP contribution in [0.25, 0.3) is 34.0 Å².